The van der Waals surface area contributed by atoms with E-state index in [1.54, 1.807) is 18.7 Å². The standard InChI is InChI=1S/C22H35N3O4S/c1-4-23-15-7-5-14(6-8-15)9-24-10-16(11-24)30-20-12(2)18-17(13(3)26)21(27)25(18)19(20)22(28)29/h12-18,23,26H,4-11H2,1-3H3,(H,28,29)/t12-,13-,14-,15+,17-,18-/m1/s1. The van der Waals surface area contributed by atoms with Crippen LogP contribution in [0.25, 0.3) is 0 Å². The first kappa shape index (κ1) is 22.1. The summed E-state index contributed by atoms with van der Waals surface area (Å²) in [6.07, 6.45) is 4.37. The Morgan fingerprint density at radius 2 is 1.93 bits per heavy atom. The number of thioether (sulfide) groups is 1. The van der Waals surface area contributed by atoms with E-state index < -0.39 is 18.0 Å². The molecule has 1 saturated carbocycles. The van der Waals surface area contributed by atoms with Crippen LogP contribution in [0.15, 0.2) is 10.6 Å². The molecule has 0 aromatic heterocycles. The van der Waals surface area contributed by atoms with Crippen LogP contribution in [0.1, 0.15) is 46.5 Å². The fraction of sp³-hybridized carbons (Fsp3) is 0.818. The Balaban J connectivity index is 1.30. The number of amides is 1. The van der Waals surface area contributed by atoms with Crippen molar-refractivity contribution in [3.8, 4) is 0 Å². The van der Waals surface area contributed by atoms with E-state index in [0.29, 0.717) is 11.3 Å². The maximum atomic E-state index is 12.4. The minimum Gasteiger partial charge on any atom is -0.477 e. The predicted molar refractivity (Wildman–Crippen MR) is 117 cm³/mol. The molecule has 0 bridgehead atoms. The molecule has 3 aliphatic heterocycles. The summed E-state index contributed by atoms with van der Waals surface area (Å²) in [5, 5.41) is 23.7. The van der Waals surface area contributed by atoms with Crippen LogP contribution in [0.4, 0.5) is 0 Å². The van der Waals surface area contributed by atoms with Crippen molar-refractivity contribution in [2.24, 2.45) is 17.8 Å². The van der Waals surface area contributed by atoms with Gasteiger partial charge < -0.3 is 25.3 Å². The maximum Gasteiger partial charge on any atom is 0.353 e. The highest BCUT2D eigenvalue weighted by Crippen LogP contribution is 2.52. The van der Waals surface area contributed by atoms with Gasteiger partial charge in [0.1, 0.15) is 5.70 Å². The predicted octanol–water partition coefficient (Wildman–Crippen LogP) is 1.73. The van der Waals surface area contributed by atoms with Crippen LogP contribution in [0, 0.1) is 17.8 Å². The Labute approximate surface area is 183 Å². The minimum absolute atomic E-state index is 0.0335. The van der Waals surface area contributed by atoms with Crippen molar-refractivity contribution in [2.45, 2.75) is 69.9 Å². The lowest BCUT2D eigenvalue weighted by molar-refractivity contribution is -0.163. The average molecular weight is 438 g/mol. The first-order valence-electron chi connectivity index (χ1n) is 11.4. The number of β-lactam (4-membered cyclic amide) rings is 1. The molecule has 30 heavy (non-hydrogen) atoms. The van der Waals surface area contributed by atoms with Crippen LogP contribution in [0.2, 0.25) is 0 Å². The number of carbonyl (C=O) groups excluding carboxylic acids is 1. The topological polar surface area (TPSA) is 93.1 Å². The molecule has 1 aliphatic carbocycles. The largest absolute Gasteiger partial charge is 0.477 e. The molecule has 0 aromatic rings. The molecule has 1 amide bonds. The van der Waals surface area contributed by atoms with Gasteiger partial charge in [-0.25, -0.2) is 4.79 Å². The van der Waals surface area contributed by atoms with Crippen LogP contribution in [0.3, 0.4) is 0 Å². The van der Waals surface area contributed by atoms with Crippen molar-refractivity contribution in [3.63, 3.8) is 0 Å². The van der Waals surface area contributed by atoms with Crippen LogP contribution >= 0.6 is 11.8 Å². The summed E-state index contributed by atoms with van der Waals surface area (Å²) in [6, 6.07) is 0.476. The van der Waals surface area contributed by atoms with E-state index in [1.807, 2.05) is 6.92 Å². The molecular weight excluding hydrogens is 402 g/mol. The molecule has 4 rings (SSSR count). The van der Waals surface area contributed by atoms with Crippen LogP contribution in [-0.2, 0) is 9.59 Å². The molecule has 0 aromatic carbocycles. The van der Waals surface area contributed by atoms with Gasteiger partial charge in [-0.15, -0.1) is 11.8 Å². The normalized spacial score (nSPS) is 35.8. The number of fused-ring (bicyclic) bond motifs is 1. The van der Waals surface area contributed by atoms with Crippen LogP contribution in [0.5, 0.6) is 0 Å². The Morgan fingerprint density at radius 1 is 1.27 bits per heavy atom. The molecule has 0 radical (unpaired) electrons. The fourth-order valence-electron chi connectivity index (χ4n) is 5.81. The molecule has 4 atom stereocenters. The molecule has 8 heteroatoms. The van der Waals surface area contributed by atoms with Gasteiger partial charge in [-0.3, -0.25) is 4.79 Å². The summed E-state index contributed by atoms with van der Waals surface area (Å²) in [5.41, 5.74) is 0.152. The zero-order valence-corrected chi connectivity index (χ0v) is 19.0. The summed E-state index contributed by atoms with van der Waals surface area (Å²) >= 11 is 1.65. The summed E-state index contributed by atoms with van der Waals surface area (Å²) in [5.74, 6) is -1.02. The highest BCUT2D eigenvalue weighted by Gasteiger charge is 2.60. The number of nitrogens with one attached hydrogen (secondary N) is 1. The smallest absolute Gasteiger partial charge is 0.353 e. The number of nitrogens with zero attached hydrogens (tertiary/aromatic N) is 2. The van der Waals surface area contributed by atoms with E-state index in [4.69, 9.17) is 0 Å². The molecule has 0 spiro atoms. The number of carboxylic acid groups (broad SMARTS) is 1. The van der Waals surface area contributed by atoms with Crippen molar-refractivity contribution < 1.29 is 19.8 Å². The van der Waals surface area contributed by atoms with E-state index in [1.165, 1.54) is 30.6 Å². The molecule has 3 N–H and O–H groups in total. The SMILES string of the molecule is CCN[C@H]1CC[C@@H](CN2CC(SC3=C(C(=O)O)N4C(=O)[C@H]([C@@H](C)O)[C@H]4[C@H]3C)C2)CC1. The second-order valence-corrected chi connectivity index (χ2v) is 10.8. The number of aliphatic carboxylic acids is 1. The Kier molecular flexibility index (Phi) is 6.49. The minimum atomic E-state index is -1.03. The Hall–Kier alpha value is -1.09. The number of likely N-dealkylation sites (tertiary alicyclic amines) is 1. The Bertz CT molecular complexity index is 713. The van der Waals surface area contributed by atoms with Gasteiger partial charge in [0.25, 0.3) is 0 Å². The molecule has 2 saturated heterocycles. The maximum absolute atomic E-state index is 12.4. The number of aliphatic hydroxyl groups excluding tert-OH is 1. The third-order valence-electron chi connectivity index (χ3n) is 7.38. The zero-order valence-electron chi connectivity index (χ0n) is 18.2. The number of carboxylic acids is 1. The average Bonchev–Trinajstić information content (AvgIpc) is 2.90. The van der Waals surface area contributed by atoms with Crippen LogP contribution < -0.4 is 5.32 Å². The van der Waals surface area contributed by atoms with E-state index in [2.05, 4.69) is 17.1 Å². The summed E-state index contributed by atoms with van der Waals surface area (Å²) < 4.78 is 0. The van der Waals surface area contributed by atoms with E-state index in [0.717, 1.165) is 37.0 Å². The number of hydrogen-bond donors (Lipinski definition) is 3. The first-order valence-corrected chi connectivity index (χ1v) is 12.3. The van der Waals surface area contributed by atoms with Gasteiger partial charge >= 0.3 is 5.97 Å². The van der Waals surface area contributed by atoms with Gasteiger partial charge in [-0.2, -0.15) is 0 Å². The molecule has 3 fully saturated rings. The molecule has 3 heterocycles. The van der Waals surface area contributed by atoms with E-state index >= 15 is 0 Å². The lowest BCUT2D eigenvalue weighted by atomic mass is 9.79. The number of aliphatic hydroxyl groups is 1. The summed E-state index contributed by atoms with van der Waals surface area (Å²) in [4.78, 5) is 29.1. The molecular formula is C22H35N3O4S. The molecule has 0 unspecified atom stereocenters. The third-order valence-corrected chi connectivity index (χ3v) is 8.83. The third kappa shape index (κ3) is 3.92. The van der Waals surface area contributed by atoms with Crippen LogP contribution in [-0.4, -0.2) is 81.5 Å². The summed E-state index contributed by atoms with van der Waals surface area (Å²) in [6.45, 7) is 9.95. The highest BCUT2D eigenvalue weighted by atomic mass is 32.2. The molecule has 168 valence electrons. The van der Waals surface area contributed by atoms with E-state index in [9.17, 15) is 19.8 Å². The quantitative estimate of drug-likeness (QED) is 0.498. The second-order valence-electron chi connectivity index (χ2n) is 9.51. The lowest BCUT2D eigenvalue weighted by Gasteiger charge is -2.46. The van der Waals surface area contributed by atoms with Gasteiger partial charge in [0, 0.05) is 41.7 Å². The fourth-order valence-corrected chi connectivity index (χ4v) is 7.39. The zero-order chi connectivity index (χ0) is 21.6. The highest BCUT2D eigenvalue weighted by molar-refractivity contribution is 8.03. The number of hydrogen-bond acceptors (Lipinski definition) is 6. The lowest BCUT2D eigenvalue weighted by Crippen LogP contribution is -2.63. The van der Waals surface area contributed by atoms with Crippen molar-refractivity contribution in [2.75, 3.05) is 26.2 Å². The van der Waals surface area contributed by atoms with Gasteiger partial charge in [0.2, 0.25) is 5.91 Å². The van der Waals surface area contributed by atoms with Crippen molar-refractivity contribution >= 4 is 23.6 Å². The first-order chi connectivity index (χ1) is 14.3. The summed E-state index contributed by atoms with van der Waals surface area (Å²) in [7, 11) is 0. The number of rotatable bonds is 8. The van der Waals surface area contributed by atoms with Gasteiger partial charge in [0.05, 0.1) is 18.1 Å². The monoisotopic (exact) mass is 437 g/mol. The van der Waals surface area contributed by atoms with Crippen molar-refractivity contribution in [1.29, 1.82) is 0 Å². The van der Waals surface area contributed by atoms with Gasteiger partial charge in [-0.1, -0.05) is 13.8 Å². The van der Waals surface area contributed by atoms with Crippen molar-refractivity contribution in [3.05, 3.63) is 10.6 Å². The molecule has 7 nitrogen and oxygen atoms in total. The van der Waals surface area contributed by atoms with Gasteiger partial charge in [0.15, 0.2) is 0 Å². The van der Waals surface area contributed by atoms with Gasteiger partial charge in [-0.05, 0) is 45.1 Å². The second kappa shape index (κ2) is 8.81. The number of carbonyl (C=O) groups is 2. The molecule has 4 aliphatic rings. The van der Waals surface area contributed by atoms with Crippen molar-refractivity contribution in [1.82, 2.24) is 15.1 Å². The van der Waals surface area contributed by atoms with E-state index in [-0.39, 0.29) is 23.6 Å². The Morgan fingerprint density at radius 3 is 2.50 bits per heavy atom.